The summed E-state index contributed by atoms with van der Waals surface area (Å²) in [7, 11) is 0. The maximum absolute atomic E-state index is 13.5. The Balaban J connectivity index is 2.40. The molecule has 0 aliphatic heterocycles. The molecule has 0 bridgehead atoms. The summed E-state index contributed by atoms with van der Waals surface area (Å²) in [5.41, 5.74) is 5.50. The van der Waals surface area contributed by atoms with E-state index in [9.17, 15) is 8.78 Å². The van der Waals surface area contributed by atoms with E-state index in [-0.39, 0.29) is 26.8 Å². The van der Waals surface area contributed by atoms with Crippen molar-refractivity contribution in [3.63, 3.8) is 0 Å². The topological polar surface area (TPSA) is 63.8 Å². The van der Waals surface area contributed by atoms with Gasteiger partial charge in [0.15, 0.2) is 5.82 Å². The first-order chi connectivity index (χ1) is 8.49. The summed E-state index contributed by atoms with van der Waals surface area (Å²) in [6.07, 6.45) is 1.18. The Hall–Kier alpha value is -1.47. The summed E-state index contributed by atoms with van der Waals surface area (Å²) >= 11 is 8.80. The van der Waals surface area contributed by atoms with Crippen molar-refractivity contribution < 1.29 is 8.78 Å². The molecular formula is C10H6BrClF2N4. The summed E-state index contributed by atoms with van der Waals surface area (Å²) in [5.74, 6) is -1.27. The van der Waals surface area contributed by atoms with E-state index < -0.39 is 11.6 Å². The molecule has 0 amide bonds. The first kappa shape index (κ1) is 13.0. The van der Waals surface area contributed by atoms with E-state index in [1.165, 1.54) is 12.4 Å². The fourth-order valence-electron chi connectivity index (χ4n) is 1.22. The highest BCUT2D eigenvalue weighted by Crippen LogP contribution is 2.30. The molecule has 0 saturated carbocycles. The predicted molar refractivity (Wildman–Crippen MR) is 68.8 cm³/mol. The van der Waals surface area contributed by atoms with Crippen LogP contribution >= 0.6 is 27.5 Å². The highest BCUT2D eigenvalue weighted by molar-refractivity contribution is 9.10. The SMILES string of the molecule is Nc1ncnc(Nc2cc(Br)c(F)cc2F)c1Cl. The van der Waals surface area contributed by atoms with Gasteiger partial charge in [-0.3, -0.25) is 0 Å². The smallest absolute Gasteiger partial charge is 0.154 e. The molecule has 1 aromatic carbocycles. The maximum Gasteiger partial charge on any atom is 0.154 e. The van der Waals surface area contributed by atoms with Crippen LogP contribution in [-0.4, -0.2) is 9.97 Å². The Kier molecular flexibility index (Phi) is 3.63. The largest absolute Gasteiger partial charge is 0.382 e. The molecule has 8 heteroatoms. The second-order valence-corrected chi connectivity index (χ2v) is 4.52. The fourth-order valence-corrected chi connectivity index (χ4v) is 1.70. The number of anilines is 3. The van der Waals surface area contributed by atoms with Crippen molar-refractivity contribution in [1.82, 2.24) is 9.97 Å². The number of hydrogen-bond donors (Lipinski definition) is 2. The van der Waals surface area contributed by atoms with E-state index >= 15 is 0 Å². The Morgan fingerprint density at radius 3 is 2.67 bits per heavy atom. The molecule has 18 heavy (non-hydrogen) atoms. The number of benzene rings is 1. The normalized spacial score (nSPS) is 10.4. The third kappa shape index (κ3) is 2.51. The van der Waals surface area contributed by atoms with E-state index in [0.717, 1.165) is 6.07 Å². The van der Waals surface area contributed by atoms with Crippen LogP contribution in [0.1, 0.15) is 0 Å². The summed E-state index contributed by atoms with van der Waals surface area (Å²) in [5, 5.41) is 2.68. The number of nitrogen functional groups attached to an aromatic ring is 1. The third-order valence-electron chi connectivity index (χ3n) is 2.08. The summed E-state index contributed by atoms with van der Waals surface area (Å²) in [6.45, 7) is 0. The molecule has 0 aliphatic rings. The Morgan fingerprint density at radius 2 is 1.94 bits per heavy atom. The number of rotatable bonds is 2. The van der Waals surface area contributed by atoms with E-state index in [0.29, 0.717) is 0 Å². The lowest BCUT2D eigenvalue weighted by molar-refractivity contribution is 0.581. The van der Waals surface area contributed by atoms with Crippen molar-refractivity contribution in [3.05, 3.63) is 39.6 Å². The van der Waals surface area contributed by atoms with Gasteiger partial charge < -0.3 is 11.1 Å². The number of aromatic nitrogens is 2. The average Bonchev–Trinajstić information content (AvgIpc) is 2.32. The van der Waals surface area contributed by atoms with Crippen LogP contribution in [0.2, 0.25) is 5.02 Å². The molecule has 0 saturated heterocycles. The van der Waals surface area contributed by atoms with E-state index in [1.807, 2.05) is 0 Å². The van der Waals surface area contributed by atoms with Crippen LogP contribution in [0.25, 0.3) is 0 Å². The van der Waals surface area contributed by atoms with E-state index in [2.05, 4.69) is 31.2 Å². The number of nitrogens with one attached hydrogen (secondary N) is 1. The van der Waals surface area contributed by atoms with Gasteiger partial charge >= 0.3 is 0 Å². The third-order valence-corrected chi connectivity index (χ3v) is 3.06. The second kappa shape index (κ2) is 5.03. The van der Waals surface area contributed by atoms with Crippen molar-refractivity contribution in [2.45, 2.75) is 0 Å². The van der Waals surface area contributed by atoms with Gasteiger partial charge in [0.2, 0.25) is 0 Å². The highest BCUT2D eigenvalue weighted by atomic mass is 79.9. The molecule has 0 unspecified atom stereocenters. The number of nitrogens with zero attached hydrogens (tertiary/aromatic N) is 2. The number of halogens is 4. The zero-order chi connectivity index (χ0) is 13.3. The first-order valence-corrected chi connectivity index (χ1v) is 5.83. The second-order valence-electron chi connectivity index (χ2n) is 3.29. The summed E-state index contributed by atoms with van der Waals surface area (Å²) < 4.78 is 26.7. The molecule has 0 atom stereocenters. The van der Waals surface area contributed by atoms with Gasteiger partial charge in [0, 0.05) is 6.07 Å². The monoisotopic (exact) mass is 334 g/mol. The van der Waals surface area contributed by atoms with Crippen LogP contribution < -0.4 is 11.1 Å². The molecule has 0 radical (unpaired) electrons. The zero-order valence-electron chi connectivity index (χ0n) is 8.72. The summed E-state index contributed by atoms with van der Waals surface area (Å²) in [6, 6.07) is 1.98. The van der Waals surface area contributed by atoms with Gasteiger partial charge in [-0.15, -0.1) is 0 Å². The number of hydrogen-bond acceptors (Lipinski definition) is 4. The van der Waals surface area contributed by atoms with Crippen LogP contribution in [0.5, 0.6) is 0 Å². The van der Waals surface area contributed by atoms with Gasteiger partial charge in [-0.05, 0) is 22.0 Å². The highest BCUT2D eigenvalue weighted by Gasteiger charge is 2.12. The molecular weight excluding hydrogens is 329 g/mol. The lowest BCUT2D eigenvalue weighted by atomic mass is 10.3. The van der Waals surface area contributed by atoms with Crippen molar-refractivity contribution >= 4 is 44.9 Å². The molecule has 1 aromatic heterocycles. The first-order valence-electron chi connectivity index (χ1n) is 4.66. The van der Waals surface area contributed by atoms with Gasteiger partial charge in [-0.25, -0.2) is 18.7 Å². The van der Waals surface area contributed by atoms with Crippen LogP contribution in [-0.2, 0) is 0 Å². The Bertz CT molecular complexity index is 609. The van der Waals surface area contributed by atoms with Crippen molar-refractivity contribution in [2.24, 2.45) is 0 Å². The molecule has 1 heterocycles. The van der Waals surface area contributed by atoms with Crippen molar-refractivity contribution in [1.29, 1.82) is 0 Å². The molecule has 0 aliphatic carbocycles. The minimum absolute atomic E-state index is 0.0169. The average molecular weight is 336 g/mol. The molecule has 0 fully saturated rings. The molecule has 2 rings (SSSR count). The van der Waals surface area contributed by atoms with Crippen molar-refractivity contribution in [2.75, 3.05) is 11.1 Å². The molecule has 0 spiro atoms. The predicted octanol–water partition coefficient (Wildman–Crippen LogP) is 3.50. The van der Waals surface area contributed by atoms with Gasteiger partial charge in [-0.2, -0.15) is 0 Å². The molecule has 94 valence electrons. The fraction of sp³-hybridized carbons (Fsp3) is 0. The van der Waals surface area contributed by atoms with Gasteiger partial charge in [0.25, 0.3) is 0 Å². The zero-order valence-corrected chi connectivity index (χ0v) is 11.1. The molecule has 4 nitrogen and oxygen atoms in total. The van der Waals surface area contributed by atoms with Crippen LogP contribution in [0.3, 0.4) is 0 Å². The molecule has 3 N–H and O–H groups in total. The van der Waals surface area contributed by atoms with Crippen LogP contribution in [0, 0.1) is 11.6 Å². The summed E-state index contributed by atoms with van der Waals surface area (Å²) in [4.78, 5) is 7.48. The van der Waals surface area contributed by atoms with Gasteiger partial charge in [0.1, 0.15) is 28.8 Å². The Morgan fingerprint density at radius 1 is 1.22 bits per heavy atom. The lowest BCUT2D eigenvalue weighted by Crippen LogP contribution is -2.01. The number of nitrogens with two attached hydrogens (primary N) is 1. The standard InChI is InChI=1S/C10H6BrClF2N4/c11-4-1-7(6(14)2-5(4)13)18-10-8(12)9(15)16-3-17-10/h1-3H,(H3,15,16,17,18). The van der Waals surface area contributed by atoms with Crippen LogP contribution in [0.15, 0.2) is 22.9 Å². The van der Waals surface area contributed by atoms with Gasteiger partial charge in [-0.1, -0.05) is 11.6 Å². The maximum atomic E-state index is 13.5. The quantitative estimate of drug-likeness (QED) is 0.825. The lowest BCUT2D eigenvalue weighted by Gasteiger charge is -2.09. The Labute approximate surface area is 114 Å². The van der Waals surface area contributed by atoms with E-state index in [1.54, 1.807) is 0 Å². The van der Waals surface area contributed by atoms with Crippen molar-refractivity contribution in [3.8, 4) is 0 Å². The van der Waals surface area contributed by atoms with E-state index in [4.69, 9.17) is 17.3 Å². The van der Waals surface area contributed by atoms with Crippen LogP contribution in [0.4, 0.5) is 26.1 Å². The minimum atomic E-state index is -0.774. The van der Waals surface area contributed by atoms with Gasteiger partial charge in [0.05, 0.1) is 10.2 Å². The molecule has 2 aromatic rings. The minimum Gasteiger partial charge on any atom is -0.382 e.